The maximum atomic E-state index is 12.3. The van der Waals surface area contributed by atoms with Crippen LogP contribution in [0, 0.1) is 0 Å². The predicted molar refractivity (Wildman–Crippen MR) is 132 cm³/mol. The van der Waals surface area contributed by atoms with Gasteiger partial charge < -0.3 is 14.6 Å². The van der Waals surface area contributed by atoms with Gasteiger partial charge in [0, 0.05) is 42.2 Å². The molecule has 2 aromatic heterocycles. The lowest BCUT2D eigenvalue weighted by molar-refractivity contribution is 0.0994. The van der Waals surface area contributed by atoms with E-state index in [1.807, 2.05) is 44.4 Å². The van der Waals surface area contributed by atoms with Gasteiger partial charge in [-0.25, -0.2) is 0 Å². The topological polar surface area (TPSA) is 58.2 Å². The zero-order valence-corrected chi connectivity index (χ0v) is 19.0. The summed E-state index contributed by atoms with van der Waals surface area (Å²) in [5, 5.41) is 0. The summed E-state index contributed by atoms with van der Waals surface area (Å²) in [7, 11) is 4.07. The third-order valence-corrected chi connectivity index (χ3v) is 6.10. The predicted octanol–water partition coefficient (Wildman–Crippen LogP) is 5.48. The average molecular weight is 438 g/mol. The van der Waals surface area contributed by atoms with Crippen LogP contribution in [0.3, 0.4) is 0 Å². The minimum Gasteiger partial charge on any atom is -0.492 e. The number of ether oxygens (including phenoxy) is 1. The van der Waals surface area contributed by atoms with E-state index in [9.17, 15) is 4.79 Å². The second-order valence-corrected chi connectivity index (χ2v) is 8.68. The Kier molecular flexibility index (Phi) is 5.80. The summed E-state index contributed by atoms with van der Waals surface area (Å²) in [6, 6.07) is 20.6. The van der Waals surface area contributed by atoms with Gasteiger partial charge in [0.05, 0.1) is 5.69 Å². The smallest absolute Gasteiger partial charge is 0.163 e. The molecule has 5 rings (SSSR count). The van der Waals surface area contributed by atoms with E-state index >= 15 is 0 Å². The number of aromatic amines is 1. The van der Waals surface area contributed by atoms with Gasteiger partial charge in [-0.2, -0.15) is 0 Å². The van der Waals surface area contributed by atoms with Crippen molar-refractivity contribution in [3.8, 4) is 39.4 Å². The number of carbonyl (C=O) groups is 1. The van der Waals surface area contributed by atoms with E-state index in [1.54, 1.807) is 12.4 Å². The first-order valence-electron chi connectivity index (χ1n) is 11.3. The van der Waals surface area contributed by atoms with Crippen LogP contribution in [0.4, 0.5) is 0 Å². The van der Waals surface area contributed by atoms with Crippen LogP contribution in [0.15, 0.2) is 73.1 Å². The molecule has 5 nitrogen and oxygen atoms in total. The number of ketones is 1. The zero-order chi connectivity index (χ0) is 22.8. The monoisotopic (exact) mass is 437 g/mol. The number of Topliss-reactive ketones (excluding diaryl/α,β-unsaturated/α-hetero) is 1. The van der Waals surface area contributed by atoms with Gasteiger partial charge in [-0.1, -0.05) is 12.1 Å². The van der Waals surface area contributed by atoms with Gasteiger partial charge in [0.15, 0.2) is 5.78 Å². The van der Waals surface area contributed by atoms with Crippen LogP contribution in [-0.4, -0.2) is 47.9 Å². The second-order valence-electron chi connectivity index (χ2n) is 8.68. The lowest BCUT2D eigenvalue weighted by Gasteiger charge is -2.11. The van der Waals surface area contributed by atoms with E-state index in [-0.39, 0.29) is 5.78 Å². The highest BCUT2D eigenvalue weighted by Gasteiger charge is 2.21. The lowest BCUT2D eigenvalue weighted by Crippen LogP contribution is -2.19. The molecule has 166 valence electrons. The van der Waals surface area contributed by atoms with E-state index < -0.39 is 0 Å². The molecule has 0 bridgehead atoms. The number of hydrogen-bond donors (Lipinski definition) is 1. The number of H-pyrrole nitrogens is 1. The molecule has 4 aromatic rings. The molecule has 0 spiro atoms. The van der Waals surface area contributed by atoms with Gasteiger partial charge >= 0.3 is 0 Å². The van der Waals surface area contributed by atoms with Crippen molar-refractivity contribution in [1.82, 2.24) is 14.9 Å². The van der Waals surface area contributed by atoms with Gasteiger partial charge in [0.1, 0.15) is 12.4 Å². The van der Waals surface area contributed by atoms with Crippen molar-refractivity contribution >= 4 is 5.78 Å². The Morgan fingerprint density at radius 3 is 2.39 bits per heavy atom. The Hall–Kier alpha value is -3.70. The largest absolute Gasteiger partial charge is 0.492 e. The molecule has 2 heterocycles. The van der Waals surface area contributed by atoms with Crippen molar-refractivity contribution in [3.05, 3.63) is 84.2 Å². The second kappa shape index (κ2) is 9.04. The fourth-order valence-corrected chi connectivity index (χ4v) is 4.27. The molecule has 1 N–H and O–H groups in total. The Labute approximate surface area is 194 Å². The molecule has 0 fully saturated rings. The average Bonchev–Trinajstić information content (AvgIpc) is 3.44. The molecule has 0 radical (unpaired) electrons. The molecule has 5 heteroatoms. The third kappa shape index (κ3) is 4.45. The SMILES string of the molecule is CN(C)CCOc1ccc(-c2cc(-c3ccncc3)c(-c3ccc4c(c3)C(=O)CC4)[nH]2)cc1. The molecular weight excluding hydrogens is 410 g/mol. The fraction of sp³-hybridized carbons (Fsp3) is 0.214. The van der Waals surface area contributed by atoms with Crippen LogP contribution < -0.4 is 4.74 Å². The quantitative estimate of drug-likeness (QED) is 0.416. The number of hydrogen-bond acceptors (Lipinski definition) is 4. The summed E-state index contributed by atoms with van der Waals surface area (Å²) in [5.74, 6) is 1.09. The van der Waals surface area contributed by atoms with Crippen LogP contribution in [0.1, 0.15) is 22.3 Å². The van der Waals surface area contributed by atoms with E-state index in [0.29, 0.717) is 13.0 Å². The molecule has 0 amide bonds. The highest BCUT2D eigenvalue weighted by Crippen LogP contribution is 2.37. The lowest BCUT2D eigenvalue weighted by atomic mass is 9.99. The summed E-state index contributed by atoms with van der Waals surface area (Å²) < 4.78 is 5.84. The number of benzene rings is 2. The van der Waals surface area contributed by atoms with E-state index in [4.69, 9.17) is 4.74 Å². The third-order valence-electron chi connectivity index (χ3n) is 6.10. The molecule has 33 heavy (non-hydrogen) atoms. The van der Waals surface area contributed by atoms with Crippen molar-refractivity contribution in [1.29, 1.82) is 0 Å². The molecule has 2 aromatic carbocycles. The normalized spacial score (nSPS) is 12.9. The van der Waals surface area contributed by atoms with E-state index in [0.717, 1.165) is 63.5 Å². The number of pyridine rings is 1. The molecule has 0 saturated carbocycles. The van der Waals surface area contributed by atoms with Crippen molar-refractivity contribution in [2.45, 2.75) is 12.8 Å². The summed E-state index contributed by atoms with van der Waals surface area (Å²) in [6.45, 7) is 1.53. The number of nitrogens with one attached hydrogen (secondary N) is 1. The number of likely N-dealkylation sites (N-methyl/N-ethyl adjacent to an activating group) is 1. The Morgan fingerprint density at radius 1 is 0.879 bits per heavy atom. The zero-order valence-electron chi connectivity index (χ0n) is 19.0. The van der Waals surface area contributed by atoms with Gasteiger partial charge in [0.25, 0.3) is 0 Å². The van der Waals surface area contributed by atoms with Gasteiger partial charge in [-0.05, 0) is 91.3 Å². The van der Waals surface area contributed by atoms with Crippen molar-refractivity contribution < 1.29 is 9.53 Å². The van der Waals surface area contributed by atoms with E-state index in [1.165, 1.54) is 0 Å². The van der Waals surface area contributed by atoms with Crippen LogP contribution >= 0.6 is 0 Å². The first-order valence-corrected chi connectivity index (χ1v) is 11.3. The minimum atomic E-state index is 0.231. The van der Waals surface area contributed by atoms with Crippen molar-refractivity contribution in [3.63, 3.8) is 0 Å². The van der Waals surface area contributed by atoms with Gasteiger partial charge in [0.2, 0.25) is 0 Å². The summed E-state index contributed by atoms with van der Waals surface area (Å²) >= 11 is 0. The van der Waals surface area contributed by atoms with Crippen molar-refractivity contribution in [2.75, 3.05) is 27.2 Å². The number of rotatable bonds is 7. The Balaban J connectivity index is 1.51. The van der Waals surface area contributed by atoms with Crippen LogP contribution in [0.5, 0.6) is 5.75 Å². The Morgan fingerprint density at radius 2 is 1.64 bits per heavy atom. The van der Waals surface area contributed by atoms with Crippen LogP contribution in [0.25, 0.3) is 33.6 Å². The molecule has 0 unspecified atom stereocenters. The molecule has 1 aliphatic rings. The van der Waals surface area contributed by atoms with E-state index in [2.05, 4.69) is 45.2 Å². The maximum Gasteiger partial charge on any atom is 0.163 e. The number of aromatic nitrogens is 2. The molecule has 1 aliphatic carbocycles. The van der Waals surface area contributed by atoms with Gasteiger partial charge in [-0.3, -0.25) is 9.78 Å². The summed E-state index contributed by atoms with van der Waals surface area (Å²) in [5.41, 5.74) is 8.28. The van der Waals surface area contributed by atoms with Crippen molar-refractivity contribution in [2.24, 2.45) is 0 Å². The first-order chi connectivity index (χ1) is 16.1. The Bertz CT molecular complexity index is 1270. The number of fused-ring (bicyclic) bond motifs is 1. The van der Waals surface area contributed by atoms with Crippen LogP contribution in [-0.2, 0) is 6.42 Å². The maximum absolute atomic E-state index is 12.3. The molecular formula is C28H27N3O2. The van der Waals surface area contributed by atoms with Crippen LogP contribution in [0.2, 0.25) is 0 Å². The molecule has 0 atom stereocenters. The minimum absolute atomic E-state index is 0.231. The molecule has 0 saturated heterocycles. The van der Waals surface area contributed by atoms with Gasteiger partial charge in [-0.15, -0.1) is 0 Å². The number of aryl methyl sites for hydroxylation is 1. The highest BCUT2D eigenvalue weighted by molar-refractivity contribution is 6.02. The summed E-state index contributed by atoms with van der Waals surface area (Å²) in [4.78, 5) is 22.2. The molecule has 0 aliphatic heterocycles. The standard InChI is InChI=1S/C28H27N3O2/c1-31(2)15-16-33-23-8-5-21(6-9-23)26-18-25(20-11-13-29-14-12-20)28(30-26)22-4-3-19-7-10-27(32)24(19)17-22/h3-6,8-9,11-14,17-18,30H,7,10,15-16H2,1-2H3. The number of carbonyl (C=O) groups excluding carboxylic acids is 1. The first kappa shape index (κ1) is 21.2. The summed E-state index contributed by atoms with van der Waals surface area (Å²) in [6.07, 6.45) is 5.05. The highest BCUT2D eigenvalue weighted by atomic mass is 16.5. The number of nitrogens with zero attached hydrogens (tertiary/aromatic N) is 2. The fourth-order valence-electron chi connectivity index (χ4n) is 4.27.